The third-order valence-electron chi connectivity index (χ3n) is 4.74. The number of hydrogen-bond acceptors (Lipinski definition) is 1. The first-order valence-electron chi connectivity index (χ1n) is 7.88. The van der Waals surface area contributed by atoms with Crippen molar-refractivity contribution in [2.24, 2.45) is 0 Å². The van der Waals surface area contributed by atoms with Crippen LogP contribution in [0.4, 0.5) is 4.79 Å². The normalized spacial score (nSPS) is 23.2. The Morgan fingerprint density at radius 3 is 2.65 bits per heavy atom. The van der Waals surface area contributed by atoms with Crippen molar-refractivity contribution >= 4 is 6.03 Å². The van der Waals surface area contributed by atoms with Gasteiger partial charge in [-0.1, -0.05) is 37.1 Å². The molecule has 1 aromatic rings. The smallest absolute Gasteiger partial charge is 0.318 e. The van der Waals surface area contributed by atoms with Crippen molar-refractivity contribution in [2.45, 2.75) is 57.5 Å². The topological polar surface area (TPSA) is 32.3 Å². The molecule has 0 spiro atoms. The molecule has 20 heavy (non-hydrogen) atoms. The summed E-state index contributed by atoms with van der Waals surface area (Å²) in [4.78, 5) is 14.6. The van der Waals surface area contributed by atoms with Gasteiger partial charge in [0.2, 0.25) is 0 Å². The van der Waals surface area contributed by atoms with E-state index in [1.807, 2.05) is 4.90 Å². The summed E-state index contributed by atoms with van der Waals surface area (Å²) in [6, 6.07) is 9.26. The van der Waals surface area contributed by atoms with E-state index in [2.05, 4.69) is 36.5 Å². The van der Waals surface area contributed by atoms with Gasteiger partial charge in [0, 0.05) is 12.6 Å². The molecule has 1 heterocycles. The second kappa shape index (κ2) is 5.86. The lowest BCUT2D eigenvalue weighted by Gasteiger charge is -2.28. The molecule has 0 bridgehead atoms. The van der Waals surface area contributed by atoms with E-state index in [4.69, 9.17) is 0 Å². The van der Waals surface area contributed by atoms with Crippen molar-refractivity contribution in [2.75, 3.05) is 6.54 Å². The molecule has 1 aliphatic heterocycles. The van der Waals surface area contributed by atoms with Gasteiger partial charge in [0.15, 0.2) is 0 Å². The number of hydrogen-bond donors (Lipinski definition) is 1. The van der Waals surface area contributed by atoms with E-state index in [9.17, 15) is 4.79 Å². The van der Waals surface area contributed by atoms with Crippen LogP contribution < -0.4 is 5.32 Å². The summed E-state index contributed by atoms with van der Waals surface area (Å²) in [6.07, 6.45) is 7.00. The third kappa shape index (κ3) is 2.67. The number of rotatable bonds is 2. The van der Waals surface area contributed by atoms with Gasteiger partial charge in [0.05, 0.1) is 6.04 Å². The van der Waals surface area contributed by atoms with Gasteiger partial charge in [-0.25, -0.2) is 4.79 Å². The quantitative estimate of drug-likeness (QED) is 0.873. The Morgan fingerprint density at radius 2 is 1.90 bits per heavy atom. The average Bonchev–Trinajstić information content (AvgIpc) is 3.09. The second-order valence-corrected chi connectivity index (χ2v) is 6.14. The zero-order valence-electron chi connectivity index (χ0n) is 12.3. The maximum absolute atomic E-state index is 12.5. The van der Waals surface area contributed by atoms with Crippen LogP contribution in [0.2, 0.25) is 0 Å². The highest BCUT2D eigenvalue weighted by Crippen LogP contribution is 2.33. The zero-order chi connectivity index (χ0) is 13.9. The number of likely N-dealkylation sites (tertiary alicyclic amines) is 1. The fourth-order valence-electron chi connectivity index (χ4n) is 3.62. The third-order valence-corrected chi connectivity index (χ3v) is 4.74. The minimum atomic E-state index is 0.141. The SMILES string of the molecule is Cc1ccccc1[C@@H]1CCCN1C(=O)NC1CCCC1. The first-order valence-corrected chi connectivity index (χ1v) is 7.88. The summed E-state index contributed by atoms with van der Waals surface area (Å²) >= 11 is 0. The van der Waals surface area contributed by atoms with Gasteiger partial charge in [-0.3, -0.25) is 0 Å². The molecule has 0 unspecified atom stereocenters. The molecule has 3 nitrogen and oxygen atoms in total. The van der Waals surface area contributed by atoms with E-state index in [0.29, 0.717) is 6.04 Å². The summed E-state index contributed by atoms with van der Waals surface area (Å²) in [5.41, 5.74) is 2.60. The van der Waals surface area contributed by atoms with Crippen LogP contribution in [0.15, 0.2) is 24.3 Å². The van der Waals surface area contributed by atoms with Gasteiger partial charge in [-0.05, 0) is 43.7 Å². The maximum Gasteiger partial charge on any atom is 0.318 e. The van der Waals surface area contributed by atoms with E-state index in [1.54, 1.807) is 0 Å². The predicted octanol–water partition coefficient (Wildman–Crippen LogP) is 3.78. The minimum absolute atomic E-state index is 0.141. The first-order chi connectivity index (χ1) is 9.75. The van der Waals surface area contributed by atoms with Crippen LogP contribution in [-0.4, -0.2) is 23.5 Å². The van der Waals surface area contributed by atoms with E-state index < -0.39 is 0 Å². The molecule has 3 heteroatoms. The Labute approximate surface area is 121 Å². The molecule has 0 radical (unpaired) electrons. The number of aryl methyl sites for hydroxylation is 1. The number of carbonyl (C=O) groups is 1. The lowest BCUT2D eigenvalue weighted by molar-refractivity contribution is 0.189. The molecular formula is C17H24N2O. The van der Waals surface area contributed by atoms with Crippen molar-refractivity contribution in [3.8, 4) is 0 Å². The molecule has 1 N–H and O–H groups in total. The summed E-state index contributed by atoms with van der Waals surface area (Å²) in [5.74, 6) is 0. The lowest BCUT2D eigenvalue weighted by atomic mass is 9.99. The van der Waals surface area contributed by atoms with Gasteiger partial charge in [0.25, 0.3) is 0 Å². The van der Waals surface area contributed by atoms with Gasteiger partial charge in [-0.2, -0.15) is 0 Å². The molecule has 1 saturated heterocycles. The largest absolute Gasteiger partial charge is 0.335 e. The standard InChI is InChI=1S/C17H24N2O/c1-13-7-2-5-10-15(13)16-11-6-12-19(16)17(20)18-14-8-3-4-9-14/h2,5,7,10,14,16H,3-4,6,8-9,11-12H2,1H3,(H,18,20)/t16-/m0/s1. The van der Waals surface area contributed by atoms with Gasteiger partial charge in [-0.15, -0.1) is 0 Å². The van der Waals surface area contributed by atoms with Crippen LogP contribution in [0.1, 0.15) is 55.7 Å². The van der Waals surface area contributed by atoms with Gasteiger partial charge < -0.3 is 10.2 Å². The van der Waals surface area contributed by atoms with Crippen molar-refractivity contribution in [3.05, 3.63) is 35.4 Å². The second-order valence-electron chi connectivity index (χ2n) is 6.14. The molecule has 2 fully saturated rings. The molecule has 1 aromatic carbocycles. The van der Waals surface area contributed by atoms with E-state index in [1.165, 1.54) is 24.0 Å². The fourth-order valence-corrected chi connectivity index (χ4v) is 3.62. The monoisotopic (exact) mass is 272 g/mol. The Bertz CT molecular complexity index is 480. The van der Waals surface area contributed by atoms with Crippen LogP contribution >= 0.6 is 0 Å². The number of carbonyl (C=O) groups excluding carboxylic acids is 1. The predicted molar refractivity (Wildman–Crippen MR) is 80.6 cm³/mol. The number of nitrogens with zero attached hydrogens (tertiary/aromatic N) is 1. The number of benzene rings is 1. The van der Waals surface area contributed by atoms with Crippen LogP contribution in [-0.2, 0) is 0 Å². The summed E-state index contributed by atoms with van der Waals surface area (Å²) < 4.78 is 0. The van der Waals surface area contributed by atoms with E-state index in [0.717, 1.165) is 32.2 Å². The summed E-state index contributed by atoms with van der Waals surface area (Å²) in [5, 5.41) is 3.23. The molecular weight excluding hydrogens is 248 g/mol. The van der Waals surface area contributed by atoms with Gasteiger partial charge in [0.1, 0.15) is 0 Å². The Kier molecular flexibility index (Phi) is 3.95. The van der Waals surface area contributed by atoms with Crippen LogP contribution in [0.5, 0.6) is 0 Å². The lowest BCUT2D eigenvalue weighted by Crippen LogP contribution is -2.43. The fraction of sp³-hybridized carbons (Fsp3) is 0.588. The molecule has 2 aliphatic rings. The highest BCUT2D eigenvalue weighted by molar-refractivity contribution is 5.75. The molecule has 2 amide bonds. The summed E-state index contributed by atoms with van der Waals surface area (Å²) in [7, 11) is 0. The van der Waals surface area contributed by atoms with Crippen molar-refractivity contribution in [1.29, 1.82) is 0 Å². The van der Waals surface area contributed by atoms with Crippen LogP contribution in [0, 0.1) is 6.92 Å². The molecule has 3 rings (SSSR count). The number of nitrogens with one attached hydrogen (secondary N) is 1. The van der Waals surface area contributed by atoms with Crippen molar-refractivity contribution in [3.63, 3.8) is 0 Å². The Balaban J connectivity index is 1.72. The highest BCUT2D eigenvalue weighted by atomic mass is 16.2. The molecule has 1 atom stereocenters. The summed E-state index contributed by atoms with van der Waals surface area (Å²) in [6.45, 7) is 3.03. The van der Waals surface area contributed by atoms with E-state index >= 15 is 0 Å². The Morgan fingerprint density at radius 1 is 1.15 bits per heavy atom. The van der Waals surface area contributed by atoms with Gasteiger partial charge >= 0.3 is 6.03 Å². The zero-order valence-corrected chi connectivity index (χ0v) is 12.3. The van der Waals surface area contributed by atoms with Crippen molar-refractivity contribution < 1.29 is 4.79 Å². The van der Waals surface area contributed by atoms with E-state index in [-0.39, 0.29) is 12.1 Å². The average molecular weight is 272 g/mol. The molecule has 108 valence electrons. The maximum atomic E-state index is 12.5. The number of amides is 2. The minimum Gasteiger partial charge on any atom is -0.335 e. The Hall–Kier alpha value is -1.51. The molecule has 0 aromatic heterocycles. The number of urea groups is 1. The highest BCUT2D eigenvalue weighted by Gasteiger charge is 2.31. The molecule has 1 saturated carbocycles. The van der Waals surface area contributed by atoms with Crippen LogP contribution in [0.3, 0.4) is 0 Å². The van der Waals surface area contributed by atoms with Crippen LogP contribution in [0.25, 0.3) is 0 Å². The first kappa shape index (κ1) is 13.5. The van der Waals surface area contributed by atoms with Crippen molar-refractivity contribution in [1.82, 2.24) is 10.2 Å². The molecule has 1 aliphatic carbocycles.